The maximum atomic E-state index is 11.8. The van der Waals surface area contributed by atoms with Crippen molar-refractivity contribution in [2.45, 2.75) is 25.8 Å². The molecule has 3 rings (SSSR count). The van der Waals surface area contributed by atoms with E-state index in [0.717, 1.165) is 11.4 Å². The first-order chi connectivity index (χ1) is 9.49. The number of benzene rings is 1. The minimum Gasteiger partial charge on any atom is -0.455 e. The van der Waals surface area contributed by atoms with Gasteiger partial charge in [0.25, 0.3) is 5.78 Å². The van der Waals surface area contributed by atoms with Crippen LogP contribution in [0.3, 0.4) is 0 Å². The number of hydrogen-bond donors (Lipinski definition) is 1. The third-order valence-corrected chi connectivity index (χ3v) is 3.65. The zero-order valence-electron chi connectivity index (χ0n) is 11.5. The van der Waals surface area contributed by atoms with Gasteiger partial charge in [-0.25, -0.2) is 4.79 Å². The quantitative estimate of drug-likeness (QED) is 0.477. The van der Waals surface area contributed by atoms with Crippen molar-refractivity contribution < 1.29 is 14.3 Å². The molecule has 1 N–H and O–H groups in total. The summed E-state index contributed by atoms with van der Waals surface area (Å²) in [4.78, 5) is 23.0. The highest BCUT2D eigenvalue weighted by Gasteiger charge is 2.40. The summed E-state index contributed by atoms with van der Waals surface area (Å²) in [5.41, 5.74) is 5.30. The summed E-state index contributed by atoms with van der Waals surface area (Å²) >= 11 is 0. The molecule has 0 amide bonds. The Bertz CT molecular complexity index is 605. The van der Waals surface area contributed by atoms with Crippen LogP contribution in [0.1, 0.15) is 20.3 Å². The monoisotopic (exact) mass is 272 g/mol. The Morgan fingerprint density at radius 1 is 1.20 bits per heavy atom. The number of esters is 1. The molecule has 0 spiro atoms. The van der Waals surface area contributed by atoms with Crippen molar-refractivity contribution in [1.82, 2.24) is 5.43 Å². The summed E-state index contributed by atoms with van der Waals surface area (Å²) in [5, 5.41) is 2.02. The summed E-state index contributed by atoms with van der Waals surface area (Å²) < 4.78 is 4.79. The van der Waals surface area contributed by atoms with Gasteiger partial charge in [-0.2, -0.15) is 0 Å². The van der Waals surface area contributed by atoms with E-state index in [-0.39, 0.29) is 12.1 Å². The van der Waals surface area contributed by atoms with Gasteiger partial charge in [0.05, 0.1) is 16.8 Å². The number of nitrogens with zero attached hydrogens (tertiary/aromatic N) is 1. The molecule has 0 unspecified atom stereocenters. The van der Waals surface area contributed by atoms with Crippen LogP contribution in [0.4, 0.5) is 5.69 Å². The fourth-order valence-electron chi connectivity index (χ4n) is 2.62. The first-order valence-corrected chi connectivity index (χ1v) is 6.54. The van der Waals surface area contributed by atoms with Gasteiger partial charge in [0.1, 0.15) is 6.61 Å². The first kappa shape index (κ1) is 12.7. The summed E-state index contributed by atoms with van der Waals surface area (Å²) in [6, 6.07) is 9.89. The molecule has 0 radical (unpaired) electrons. The molecule has 0 atom stereocenters. The fourth-order valence-corrected chi connectivity index (χ4v) is 2.62. The van der Waals surface area contributed by atoms with Crippen LogP contribution in [-0.4, -0.2) is 23.9 Å². The Kier molecular flexibility index (Phi) is 2.78. The minimum absolute atomic E-state index is 0.0682. The molecule has 5 heteroatoms. The maximum absolute atomic E-state index is 11.8. The van der Waals surface area contributed by atoms with E-state index < -0.39 is 11.8 Å². The Balaban J connectivity index is 1.95. The largest absolute Gasteiger partial charge is 0.455 e. The second-order valence-electron chi connectivity index (χ2n) is 5.63. The fraction of sp³-hybridized carbons (Fsp3) is 0.333. The van der Waals surface area contributed by atoms with E-state index in [1.807, 2.05) is 35.3 Å². The lowest BCUT2D eigenvalue weighted by atomic mass is 9.97. The molecule has 2 fully saturated rings. The molecule has 2 heterocycles. The van der Waals surface area contributed by atoms with Crippen LogP contribution < -0.4 is 10.4 Å². The number of hydrazine groups is 1. The predicted molar refractivity (Wildman–Crippen MR) is 73.7 cm³/mol. The third-order valence-electron chi connectivity index (χ3n) is 3.65. The van der Waals surface area contributed by atoms with E-state index in [9.17, 15) is 9.59 Å². The standard InChI is InChI=1S/C15H16N2O3/c1-15(2)8-12(11-9-20-14(19)13(11)18)16-17(15)10-6-4-3-5-7-10/h3-7,16H,8-9H2,1-2H3/b12-11+. The number of ether oxygens (including phenoxy) is 1. The summed E-state index contributed by atoms with van der Waals surface area (Å²) in [7, 11) is 0. The van der Waals surface area contributed by atoms with Gasteiger partial charge in [0, 0.05) is 12.1 Å². The van der Waals surface area contributed by atoms with E-state index in [2.05, 4.69) is 19.3 Å². The number of Topliss-reactive ketones (excluding diaryl/α,β-unsaturated/α-hetero) is 1. The van der Waals surface area contributed by atoms with Crippen LogP contribution in [-0.2, 0) is 14.3 Å². The first-order valence-electron chi connectivity index (χ1n) is 6.54. The van der Waals surface area contributed by atoms with Gasteiger partial charge in [-0.1, -0.05) is 18.2 Å². The number of nitrogens with one attached hydrogen (secondary N) is 1. The molecule has 2 aliphatic heterocycles. The van der Waals surface area contributed by atoms with Crippen LogP contribution in [0.2, 0.25) is 0 Å². The Morgan fingerprint density at radius 3 is 2.50 bits per heavy atom. The van der Waals surface area contributed by atoms with E-state index in [0.29, 0.717) is 12.0 Å². The van der Waals surface area contributed by atoms with Crippen LogP contribution >= 0.6 is 0 Å². The lowest BCUT2D eigenvalue weighted by Crippen LogP contribution is -2.43. The zero-order valence-corrected chi connectivity index (χ0v) is 11.5. The molecule has 20 heavy (non-hydrogen) atoms. The zero-order chi connectivity index (χ0) is 14.3. The molecular formula is C15H16N2O3. The Labute approximate surface area is 117 Å². The van der Waals surface area contributed by atoms with Crippen LogP contribution in [0.5, 0.6) is 0 Å². The molecule has 5 nitrogen and oxygen atoms in total. The summed E-state index contributed by atoms with van der Waals surface area (Å²) in [6.45, 7) is 4.24. The highest BCUT2D eigenvalue weighted by Crippen LogP contribution is 2.35. The molecule has 2 aliphatic rings. The van der Waals surface area contributed by atoms with Crippen LogP contribution in [0.15, 0.2) is 41.6 Å². The second-order valence-corrected chi connectivity index (χ2v) is 5.63. The number of ketones is 1. The van der Waals surface area contributed by atoms with Gasteiger partial charge in [-0.15, -0.1) is 0 Å². The van der Waals surface area contributed by atoms with Gasteiger partial charge < -0.3 is 10.2 Å². The van der Waals surface area contributed by atoms with Crippen molar-refractivity contribution >= 4 is 17.4 Å². The average Bonchev–Trinajstić information content (AvgIpc) is 2.91. The second kappa shape index (κ2) is 4.37. The van der Waals surface area contributed by atoms with E-state index in [4.69, 9.17) is 4.74 Å². The SMILES string of the molecule is CC1(C)C/C(=C2/COC(=O)C2=O)NN1c1ccccc1. The summed E-state index contributed by atoms with van der Waals surface area (Å²) in [5.74, 6) is -1.29. The number of anilines is 1. The minimum atomic E-state index is -0.759. The van der Waals surface area contributed by atoms with Crippen molar-refractivity contribution in [2.75, 3.05) is 11.6 Å². The number of cyclic esters (lactones) is 1. The molecule has 0 aliphatic carbocycles. The lowest BCUT2D eigenvalue weighted by molar-refractivity contribution is -0.146. The number of hydrogen-bond acceptors (Lipinski definition) is 5. The molecule has 0 saturated carbocycles. The normalized spacial score (nSPS) is 24.8. The molecule has 104 valence electrons. The Morgan fingerprint density at radius 2 is 1.90 bits per heavy atom. The van der Waals surface area contributed by atoms with Crippen molar-refractivity contribution in [3.05, 3.63) is 41.6 Å². The highest BCUT2D eigenvalue weighted by molar-refractivity contribution is 6.42. The Hall–Kier alpha value is -2.30. The predicted octanol–water partition coefficient (Wildman–Crippen LogP) is 1.56. The number of rotatable bonds is 1. The number of carbonyl (C=O) groups is 2. The average molecular weight is 272 g/mol. The molecule has 0 aromatic heterocycles. The van der Waals surface area contributed by atoms with Crippen LogP contribution in [0, 0.1) is 0 Å². The van der Waals surface area contributed by atoms with E-state index in [1.54, 1.807) is 0 Å². The third kappa shape index (κ3) is 1.95. The lowest BCUT2D eigenvalue weighted by Gasteiger charge is -2.32. The van der Waals surface area contributed by atoms with Crippen molar-refractivity contribution in [1.29, 1.82) is 0 Å². The molecule has 2 saturated heterocycles. The van der Waals surface area contributed by atoms with Gasteiger partial charge in [-0.3, -0.25) is 9.80 Å². The molecule has 1 aromatic carbocycles. The van der Waals surface area contributed by atoms with Gasteiger partial charge >= 0.3 is 5.97 Å². The molecule has 0 bridgehead atoms. The topological polar surface area (TPSA) is 58.6 Å². The smallest absolute Gasteiger partial charge is 0.379 e. The van der Waals surface area contributed by atoms with Crippen LogP contribution in [0.25, 0.3) is 0 Å². The summed E-state index contributed by atoms with van der Waals surface area (Å²) in [6.07, 6.45) is 0.666. The highest BCUT2D eigenvalue weighted by atomic mass is 16.5. The van der Waals surface area contributed by atoms with Crippen molar-refractivity contribution in [2.24, 2.45) is 0 Å². The number of carbonyl (C=O) groups excluding carboxylic acids is 2. The molecule has 1 aromatic rings. The van der Waals surface area contributed by atoms with Gasteiger partial charge in [-0.05, 0) is 26.0 Å². The molecular weight excluding hydrogens is 256 g/mol. The van der Waals surface area contributed by atoms with E-state index >= 15 is 0 Å². The van der Waals surface area contributed by atoms with Gasteiger partial charge in [0.15, 0.2) is 0 Å². The van der Waals surface area contributed by atoms with Crippen molar-refractivity contribution in [3.8, 4) is 0 Å². The van der Waals surface area contributed by atoms with E-state index in [1.165, 1.54) is 0 Å². The number of para-hydroxylation sites is 1. The van der Waals surface area contributed by atoms with Crippen molar-refractivity contribution in [3.63, 3.8) is 0 Å². The van der Waals surface area contributed by atoms with Gasteiger partial charge in [0.2, 0.25) is 0 Å². The maximum Gasteiger partial charge on any atom is 0.379 e.